The van der Waals surface area contributed by atoms with Crippen molar-refractivity contribution < 1.29 is 92.1 Å². The summed E-state index contributed by atoms with van der Waals surface area (Å²) in [6, 6.07) is 14.9. The van der Waals surface area contributed by atoms with Gasteiger partial charge in [-0.3, -0.25) is 27.2 Å². The number of hydrogen-bond acceptors (Lipinski definition) is 27. The summed E-state index contributed by atoms with van der Waals surface area (Å²) >= 11 is 1.90. The van der Waals surface area contributed by atoms with Crippen molar-refractivity contribution >= 4 is 156 Å². The van der Waals surface area contributed by atoms with Crippen molar-refractivity contribution in [3.8, 4) is 23.4 Å². The first kappa shape index (κ1) is 64.0. The van der Waals surface area contributed by atoms with E-state index in [4.69, 9.17) is 22.1 Å². The molecule has 0 aliphatic carbocycles. The number of fused-ring (bicyclic) bond motifs is 6. The Morgan fingerprint density at radius 2 is 1.30 bits per heavy atom. The fraction of sp³-hybridized carbons (Fsp3) is 0.222. The van der Waals surface area contributed by atoms with Crippen LogP contribution < -0.4 is 9.47 Å². The molecule has 39 heteroatoms. The van der Waals surface area contributed by atoms with Gasteiger partial charge in [-0.2, -0.15) is 52.5 Å². The van der Waals surface area contributed by atoms with E-state index in [1.807, 2.05) is 6.07 Å². The average Bonchev–Trinajstić information content (AvgIpc) is 1.68. The van der Waals surface area contributed by atoms with Gasteiger partial charge in [0.2, 0.25) is 11.0 Å². The molecule has 0 aliphatic rings. The van der Waals surface area contributed by atoms with E-state index in [0.717, 1.165) is 52.8 Å². The molecule has 8 aromatic rings. The van der Waals surface area contributed by atoms with Crippen LogP contribution in [0.15, 0.2) is 111 Å². The van der Waals surface area contributed by atoms with E-state index in [1.54, 1.807) is 19.9 Å². The fourth-order valence-corrected chi connectivity index (χ4v) is 13.0. The molecule has 3 aromatic heterocycles. The number of ether oxygens (including phenoxy) is 2. The number of thiazole rings is 1. The molecule has 444 valence electrons. The highest BCUT2D eigenvalue weighted by atomic mass is 32.2. The first-order valence-corrected chi connectivity index (χ1v) is 33.4. The van der Waals surface area contributed by atoms with Gasteiger partial charge in [0, 0.05) is 21.9 Å². The van der Waals surface area contributed by atoms with Crippen molar-refractivity contribution in [1.29, 1.82) is 5.26 Å². The average molecular weight is 1310 g/mol. The lowest BCUT2D eigenvalue weighted by molar-refractivity contribution is 0.317. The second-order valence-corrected chi connectivity index (χ2v) is 27.2. The van der Waals surface area contributed by atoms with Crippen LogP contribution in [0.5, 0.6) is 17.4 Å². The number of aryl methyl sites for hydroxylation is 2. The van der Waals surface area contributed by atoms with Gasteiger partial charge in [0.1, 0.15) is 44.7 Å². The largest absolute Gasteiger partial charge is 0.495 e. The van der Waals surface area contributed by atoms with Crippen LogP contribution in [-0.2, 0) is 61.2 Å². The van der Waals surface area contributed by atoms with Gasteiger partial charge < -0.3 is 14.6 Å². The Labute approximate surface area is 485 Å². The van der Waals surface area contributed by atoms with Crippen molar-refractivity contribution in [3.05, 3.63) is 82.9 Å². The van der Waals surface area contributed by atoms with Crippen molar-refractivity contribution in [3.63, 3.8) is 0 Å². The predicted molar refractivity (Wildman–Crippen MR) is 300 cm³/mol. The van der Waals surface area contributed by atoms with Gasteiger partial charge in [0.25, 0.3) is 50.6 Å². The number of azo groups is 3. The molecule has 5 aromatic carbocycles. The Kier molecular flexibility index (Phi) is 19.0. The van der Waals surface area contributed by atoms with E-state index in [9.17, 15) is 75.2 Å². The molecule has 0 bridgehead atoms. The predicted octanol–water partition coefficient (Wildman–Crippen LogP) is 8.77. The molecule has 0 spiro atoms. The molecule has 0 unspecified atom stereocenters. The molecule has 31 nitrogen and oxygen atoms in total. The molecule has 8 rings (SSSR count). The maximum absolute atomic E-state index is 12.5. The van der Waals surface area contributed by atoms with Crippen LogP contribution in [0.4, 0.5) is 33.6 Å². The SMILES string of the molecule is COc1ccc2c(nc3c(C#N)c(C)c(N=Nc4cc(C)c(N=Nc5cc(C)c(N=Nc6nc7c(S(=O)(=O)O)cc8ccc(S(=O)(=O)O)cc8c7s6)cc5SCCCS(=O)(=O)O)cc4OCCCS(=O)(=O)O)c(O)n32)c1S(=O)(=O)O.O=S(=O)=O. The van der Waals surface area contributed by atoms with Crippen LogP contribution in [0.2, 0.25) is 0 Å². The molecule has 84 heavy (non-hydrogen) atoms. The quantitative estimate of drug-likeness (QED) is 0.0180. The smallest absolute Gasteiger partial charge is 0.425 e. The van der Waals surface area contributed by atoms with E-state index < -0.39 is 93.3 Å². The van der Waals surface area contributed by atoms with Crippen LogP contribution in [0.1, 0.15) is 35.1 Å². The van der Waals surface area contributed by atoms with Crippen LogP contribution in [0, 0.1) is 32.1 Å². The van der Waals surface area contributed by atoms with E-state index in [1.165, 1.54) is 43.3 Å². The van der Waals surface area contributed by atoms with Crippen molar-refractivity contribution in [1.82, 2.24) is 14.4 Å². The lowest BCUT2D eigenvalue weighted by Gasteiger charge is -2.12. The zero-order chi connectivity index (χ0) is 62.0. The molecule has 6 N–H and O–H groups in total. The summed E-state index contributed by atoms with van der Waals surface area (Å²) in [6.07, 6.45) is -0.216. The zero-order valence-electron chi connectivity index (χ0n) is 43.1. The number of rotatable bonds is 20. The minimum atomic E-state index is -4.97. The monoisotopic (exact) mass is 1310 g/mol. The van der Waals surface area contributed by atoms with Gasteiger partial charge in [0.15, 0.2) is 16.2 Å². The highest BCUT2D eigenvalue weighted by Crippen LogP contribution is 2.45. The summed E-state index contributed by atoms with van der Waals surface area (Å²) in [5.74, 6) is -2.13. The maximum atomic E-state index is 12.5. The second kappa shape index (κ2) is 24.9. The van der Waals surface area contributed by atoms with Crippen LogP contribution >= 0.6 is 23.1 Å². The highest BCUT2D eigenvalue weighted by Gasteiger charge is 2.28. The second-order valence-electron chi connectivity index (χ2n) is 17.4. The Morgan fingerprint density at radius 3 is 1.90 bits per heavy atom. The first-order valence-electron chi connectivity index (χ1n) is 23.0. The summed E-state index contributed by atoms with van der Waals surface area (Å²) in [5, 5.41) is 48.1. The number of nitriles is 1. The third kappa shape index (κ3) is 15.0. The Bertz CT molecular complexity index is 4890. The molecule has 0 radical (unpaired) electrons. The number of benzene rings is 5. The van der Waals surface area contributed by atoms with Crippen LogP contribution in [-0.4, -0.2) is 128 Å². The Morgan fingerprint density at radius 1 is 0.690 bits per heavy atom. The molecule has 0 saturated carbocycles. The molecule has 0 saturated heterocycles. The number of aromatic hydroxyl groups is 1. The topological polar surface area (TPSA) is 490 Å². The summed E-state index contributed by atoms with van der Waals surface area (Å²) < 4.78 is 206. The Hall–Kier alpha value is -7.59. The lowest BCUT2D eigenvalue weighted by atomic mass is 10.1. The molecule has 0 fully saturated rings. The number of aromatic nitrogens is 3. The third-order valence-corrected chi connectivity index (χ3v) is 18.0. The van der Waals surface area contributed by atoms with Gasteiger partial charge in [-0.05, 0) is 104 Å². The normalized spacial score (nSPS) is 12.7. The van der Waals surface area contributed by atoms with E-state index >= 15 is 0 Å². The van der Waals surface area contributed by atoms with Gasteiger partial charge in [-0.1, -0.05) is 17.4 Å². The van der Waals surface area contributed by atoms with Crippen LogP contribution in [0.25, 0.3) is 37.7 Å². The molecule has 0 atom stereocenters. The first-order chi connectivity index (χ1) is 39.1. The van der Waals surface area contributed by atoms with E-state index in [2.05, 4.69) is 40.7 Å². The standard InChI is InChI=1S/C45H40N10O18S7.O3S/c1-22-15-31(51-53-38-24(3)28(21-46)43-47-39-33(55(43)44(38)56)9-10-34(72-4)42(39)80(69,70)71)35(73-11-5-13-76(57,58)59)19-29(22)49-52-32-16-23(2)30(20-36(32)74-12-6-14-77(60,61)62)50-54-45-48-40-37(79(66,67)68)17-25-7-8-26(78(63,64)65)18-27(25)41(40)75-45;1-4(2)3/h7-10,15-20,56H,5-6,11-14H2,1-4H3,(H,57,58,59)(H,60,61,62)(H,63,64,65)(H,66,67,68)(H,69,70,71);. The molecule has 0 aliphatic heterocycles. The van der Waals surface area contributed by atoms with E-state index in [-0.39, 0.29) is 119 Å². The lowest BCUT2D eigenvalue weighted by Crippen LogP contribution is -2.08. The Balaban J connectivity index is 0.00000245. The number of pyridine rings is 1. The van der Waals surface area contributed by atoms with Gasteiger partial charge in [-0.15, -0.1) is 50.0 Å². The summed E-state index contributed by atoms with van der Waals surface area (Å²) in [5.41, 5.74) is 0.0737. The zero-order valence-corrected chi connectivity index (χ0v) is 49.6. The maximum Gasteiger partial charge on any atom is 0.425 e. The van der Waals surface area contributed by atoms with Gasteiger partial charge in [-0.25, -0.2) is 9.97 Å². The minimum Gasteiger partial charge on any atom is -0.495 e. The van der Waals surface area contributed by atoms with Crippen molar-refractivity contribution in [2.24, 2.45) is 30.7 Å². The number of nitrogens with zero attached hydrogens (tertiary/aromatic N) is 10. The van der Waals surface area contributed by atoms with Crippen molar-refractivity contribution in [2.45, 2.75) is 53.2 Å². The van der Waals surface area contributed by atoms with E-state index in [0.29, 0.717) is 16.0 Å². The molecular formula is C45H40N10O21S8. The number of hydrogen-bond donors (Lipinski definition) is 6. The fourth-order valence-electron chi connectivity index (χ4n) is 7.91. The van der Waals surface area contributed by atoms with Crippen molar-refractivity contribution in [2.75, 3.05) is 31.0 Å². The summed E-state index contributed by atoms with van der Waals surface area (Å²) in [4.78, 5) is 7.06. The summed E-state index contributed by atoms with van der Waals surface area (Å²) in [7, 11) is -25.2. The third-order valence-electron chi connectivity index (χ3n) is 11.6. The number of thioether (sulfide) groups is 1. The number of methoxy groups -OCH3 is 1. The molecular weight excluding hydrogens is 1270 g/mol. The summed E-state index contributed by atoms with van der Waals surface area (Å²) in [6.45, 7) is 4.34. The molecule has 0 amide bonds. The minimum absolute atomic E-state index is 0.0145. The van der Waals surface area contributed by atoms with Gasteiger partial charge in [0.05, 0.1) is 57.4 Å². The van der Waals surface area contributed by atoms with Crippen LogP contribution in [0.3, 0.4) is 0 Å². The molecule has 3 heterocycles. The highest BCUT2D eigenvalue weighted by molar-refractivity contribution is 7.99. The number of imidazole rings is 1. The van der Waals surface area contributed by atoms with Gasteiger partial charge >= 0.3 is 10.6 Å².